The van der Waals surface area contributed by atoms with Crippen LogP contribution in [0.4, 0.5) is 0 Å². The maximum atomic E-state index is 12.9. The average Bonchev–Trinajstić information content (AvgIpc) is 3.20. The molecule has 0 saturated carbocycles. The quantitative estimate of drug-likeness (QED) is 0.787. The Kier molecular flexibility index (Phi) is 4.29. The zero-order valence-corrected chi connectivity index (χ0v) is 15.2. The van der Waals surface area contributed by atoms with E-state index in [0.717, 1.165) is 16.5 Å². The second kappa shape index (κ2) is 6.61. The minimum Gasteiger partial charge on any atom is -0.464 e. The number of carbonyl (C=O) groups excluding carboxylic acids is 1. The van der Waals surface area contributed by atoms with Crippen LogP contribution in [-0.2, 0) is 11.2 Å². The molecule has 2 atom stereocenters. The molecule has 26 heavy (non-hydrogen) atoms. The Morgan fingerprint density at radius 3 is 2.65 bits per heavy atom. The third-order valence-electron chi connectivity index (χ3n) is 5.56. The van der Waals surface area contributed by atoms with Crippen molar-refractivity contribution in [1.29, 1.82) is 0 Å². The number of furan rings is 1. The van der Waals surface area contributed by atoms with Crippen LogP contribution in [0.1, 0.15) is 28.2 Å². The van der Waals surface area contributed by atoms with Crippen molar-refractivity contribution in [2.45, 2.75) is 32.2 Å². The number of carbonyl (C=O) groups is 1. The molecule has 1 amide bonds. The fourth-order valence-electron chi connectivity index (χ4n) is 3.83. The van der Waals surface area contributed by atoms with Gasteiger partial charge in [-0.05, 0) is 42.7 Å². The van der Waals surface area contributed by atoms with Crippen molar-refractivity contribution in [1.82, 2.24) is 4.90 Å². The Morgan fingerprint density at radius 1 is 1.15 bits per heavy atom. The molecule has 2 aromatic carbocycles. The summed E-state index contributed by atoms with van der Waals surface area (Å²) < 4.78 is 5.66. The molecular formula is C22H24N2O2. The number of aryl methyl sites for hydroxylation is 2. The van der Waals surface area contributed by atoms with Crippen molar-refractivity contribution in [3.63, 3.8) is 0 Å². The fraction of sp³-hybridized carbons (Fsp3) is 0.318. The lowest BCUT2D eigenvalue weighted by Gasteiger charge is -2.16. The first-order valence-electron chi connectivity index (χ1n) is 9.08. The van der Waals surface area contributed by atoms with Crippen LogP contribution in [0, 0.1) is 13.8 Å². The van der Waals surface area contributed by atoms with Crippen molar-refractivity contribution in [2.75, 3.05) is 13.1 Å². The van der Waals surface area contributed by atoms with Crippen molar-refractivity contribution in [3.05, 3.63) is 71.0 Å². The molecule has 3 aromatic rings. The van der Waals surface area contributed by atoms with Gasteiger partial charge in [0.15, 0.2) is 0 Å². The van der Waals surface area contributed by atoms with Gasteiger partial charge in [-0.25, -0.2) is 0 Å². The highest BCUT2D eigenvalue weighted by Gasteiger charge is 2.33. The molecule has 1 aromatic heterocycles. The summed E-state index contributed by atoms with van der Waals surface area (Å²) in [4.78, 5) is 14.8. The number of amides is 1. The van der Waals surface area contributed by atoms with E-state index in [-0.39, 0.29) is 17.9 Å². The molecule has 0 spiro atoms. The largest absolute Gasteiger partial charge is 0.464 e. The molecule has 1 saturated heterocycles. The van der Waals surface area contributed by atoms with Gasteiger partial charge in [-0.1, -0.05) is 30.3 Å². The van der Waals surface area contributed by atoms with E-state index in [1.807, 2.05) is 29.2 Å². The van der Waals surface area contributed by atoms with E-state index in [1.54, 1.807) is 6.26 Å². The van der Waals surface area contributed by atoms with E-state index < -0.39 is 0 Å². The molecule has 1 aliphatic heterocycles. The molecular weight excluding hydrogens is 324 g/mol. The van der Waals surface area contributed by atoms with Gasteiger partial charge in [0.25, 0.3) is 0 Å². The van der Waals surface area contributed by atoms with Crippen LogP contribution in [0.2, 0.25) is 0 Å². The molecule has 2 N–H and O–H groups in total. The van der Waals surface area contributed by atoms with E-state index >= 15 is 0 Å². The minimum atomic E-state index is -0.0210. The second-order valence-electron chi connectivity index (χ2n) is 7.35. The van der Waals surface area contributed by atoms with Crippen LogP contribution in [0.15, 0.2) is 53.1 Å². The summed E-state index contributed by atoms with van der Waals surface area (Å²) >= 11 is 0. The molecule has 0 aliphatic carbocycles. The summed E-state index contributed by atoms with van der Waals surface area (Å²) in [7, 11) is 0. The molecule has 134 valence electrons. The molecule has 2 heterocycles. The lowest BCUT2D eigenvalue weighted by Crippen LogP contribution is -2.33. The smallest absolute Gasteiger partial charge is 0.227 e. The van der Waals surface area contributed by atoms with Crippen molar-refractivity contribution < 1.29 is 9.21 Å². The Balaban J connectivity index is 1.52. The Labute approximate surface area is 153 Å². The molecule has 0 bridgehead atoms. The van der Waals surface area contributed by atoms with Crippen LogP contribution in [0.25, 0.3) is 11.0 Å². The molecule has 4 nitrogen and oxygen atoms in total. The molecule has 0 radical (unpaired) electrons. The standard InChI is InChI=1S/C22H24N2O2/c1-14-8-18-17(13-26-21(18)9-15(14)2)10-22(25)24-11-19(20(23)12-24)16-6-4-3-5-7-16/h3-9,13,19-20H,10-12,23H2,1-2H3/t19-,20+/m0/s1. The van der Waals surface area contributed by atoms with Crippen LogP contribution in [-0.4, -0.2) is 29.9 Å². The highest BCUT2D eigenvalue weighted by atomic mass is 16.3. The Morgan fingerprint density at radius 2 is 1.88 bits per heavy atom. The van der Waals surface area contributed by atoms with Crippen LogP contribution < -0.4 is 5.73 Å². The first kappa shape index (κ1) is 16.9. The van der Waals surface area contributed by atoms with Gasteiger partial charge in [0.2, 0.25) is 5.91 Å². The van der Waals surface area contributed by atoms with Gasteiger partial charge in [-0.15, -0.1) is 0 Å². The summed E-state index contributed by atoms with van der Waals surface area (Å²) in [5.74, 6) is 0.311. The summed E-state index contributed by atoms with van der Waals surface area (Å²) in [6.07, 6.45) is 2.07. The van der Waals surface area contributed by atoms with Crippen molar-refractivity contribution in [3.8, 4) is 0 Å². The van der Waals surface area contributed by atoms with E-state index in [2.05, 4.69) is 32.0 Å². The van der Waals surface area contributed by atoms with Crippen LogP contribution in [0.5, 0.6) is 0 Å². The Hall–Kier alpha value is -2.59. The molecule has 4 rings (SSSR count). The number of rotatable bonds is 3. The number of hydrogen-bond acceptors (Lipinski definition) is 3. The Bertz CT molecular complexity index is 945. The first-order chi connectivity index (χ1) is 12.5. The summed E-state index contributed by atoms with van der Waals surface area (Å²) in [5, 5.41) is 1.03. The SMILES string of the molecule is Cc1cc2occ(CC(=O)N3C[C@@H](N)[C@H](c4ccccc4)C3)c2cc1C. The second-order valence-corrected chi connectivity index (χ2v) is 7.35. The monoisotopic (exact) mass is 348 g/mol. The van der Waals surface area contributed by atoms with Crippen LogP contribution >= 0.6 is 0 Å². The van der Waals surface area contributed by atoms with E-state index in [9.17, 15) is 4.79 Å². The van der Waals surface area contributed by atoms with Gasteiger partial charge in [0.05, 0.1) is 12.7 Å². The lowest BCUT2D eigenvalue weighted by molar-refractivity contribution is -0.129. The summed E-state index contributed by atoms with van der Waals surface area (Å²) in [6.45, 7) is 5.43. The minimum absolute atomic E-state index is 0.0210. The molecule has 1 fully saturated rings. The van der Waals surface area contributed by atoms with E-state index in [1.165, 1.54) is 16.7 Å². The predicted octanol–water partition coefficient (Wildman–Crippen LogP) is 3.55. The molecule has 0 unspecified atom stereocenters. The fourth-order valence-corrected chi connectivity index (χ4v) is 3.83. The highest BCUT2D eigenvalue weighted by Crippen LogP contribution is 2.29. The summed E-state index contributed by atoms with van der Waals surface area (Å²) in [6, 6.07) is 14.4. The van der Waals surface area contributed by atoms with Crippen molar-refractivity contribution in [2.24, 2.45) is 5.73 Å². The van der Waals surface area contributed by atoms with Gasteiger partial charge < -0.3 is 15.1 Å². The topological polar surface area (TPSA) is 59.5 Å². The van der Waals surface area contributed by atoms with Gasteiger partial charge in [-0.2, -0.15) is 0 Å². The average molecular weight is 348 g/mol. The van der Waals surface area contributed by atoms with Gasteiger partial charge in [-0.3, -0.25) is 4.79 Å². The number of hydrogen-bond donors (Lipinski definition) is 1. The van der Waals surface area contributed by atoms with Gasteiger partial charge in [0, 0.05) is 36.0 Å². The maximum absolute atomic E-state index is 12.9. The van der Waals surface area contributed by atoms with Gasteiger partial charge in [0.1, 0.15) is 5.58 Å². The van der Waals surface area contributed by atoms with Crippen molar-refractivity contribution >= 4 is 16.9 Å². The number of likely N-dealkylation sites (tertiary alicyclic amines) is 1. The number of benzene rings is 2. The van der Waals surface area contributed by atoms with E-state index in [0.29, 0.717) is 19.5 Å². The highest BCUT2D eigenvalue weighted by molar-refractivity contribution is 5.88. The molecule has 1 aliphatic rings. The third-order valence-corrected chi connectivity index (χ3v) is 5.56. The number of fused-ring (bicyclic) bond motifs is 1. The van der Waals surface area contributed by atoms with Crippen LogP contribution in [0.3, 0.4) is 0 Å². The van der Waals surface area contributed by atoms with Gasteiger partial charge >= 0.3 is 0 Å². The number of nitrogens with zero attached hydrogens (tertiary/aromatic N) is 1. The maximum Gasteiger partial charge on any atom is 0.227 e. The van der Waals surface area contributed by atoms with E-state index in [4.69, 9.17) is 10.2 Å². The predicted molar refractivity (Wildman–Crippen MR) is 103 cm³/mol. The first-order valence-corrected chi connectivity index (χ1v) is 9.08. The zero-order valence-electron chi connectivity index (χ0n) is 15.2. The lowest BCUT2D eigenvalue weighted by atomic mass is 9.95. The zero-order chi connectivity index (χ0) is 18.3. The number of nitrogens with two attached hydrogens (primary N) is 1. The summed E-state index contributed by atoms with van der Waals surface area (Å²) in [5.41, 5.74) is 11.7. The normalized spacial score (nSPS) is 20.0. The third kappa shape index (κ3) is 3.01. The molecule has 4 heteroatoms.